The Kier molecular flexibility index (Phi) is 5.73. The Bertz CT molecular complexity index is 798. The maximum atomic E-state index is 12.0. The van der Waals surface area contributed by atoms with E-state index in [0.717, 1.165) is 41.3 Å². The van der Waals surface area contributed by atoms with Crippen molar-refractivity contribution in [3.05, 3.63) is 53.6 Å². The van der Waals surface area contributed by atoms with Crippen LogP contribution in [0.3, 0.4) is 0 Å². The van der Waals surface area contributed by atoms with Crippen molar-refractivity contribution in [3.63, 3.8) is 0 Å². The SMILES string of the molecule is COc1cc(N2CCCC2)ccc1C=NNC(=O)Nc1ccccc1C. The average Bonchev–Trinajstić information content (AvgIpc) is 3.18. The minimum absolute atomic E-state index is 0.386. The molecule has 0 bridgehead atoms. The van der Waals surface area contributed by atoms with E-state index < -0.39 is 0 Å². The van der Waals surface area contributed by atoms with Gasteiger partial charge >= 0.3 is 6.03 Å². The predicted octanol–water partition coefficient (Wildman–Crippen LogP) is 3.76. The summed E-state index contributed by atoms with van der Waals surface area (Å²) >= 11 is 0. The van der Waals surface area contributed by atoms with Gasteiger partial charge in [-0.15, -0.1) is 0 Å². The van der Waals surface area contributed by atoms with Crippen LogP contribution in [-0.4, -0.2) is 32.4 Å². The number of aryl methyl sites for hydroxylation is 1. The van der Waals surface area contributed by atoms with E-state index in [4.69, 9.17) is 4.74 Å². The first-order valence-electron chi connectivity index (χ1n) is 8.76. The molecule has 0 spiro atoms. The molecule has 0 saturated carbocycles. The van der Waals surface area contributed by atoms with E-state index in [2.05, 4.69) is 26.8 Å². The summed E-state index contributed by atoms with van der Waals surface area (Å²) in [5, 5.41) is 6.79. The van der Waals surface area contributed by atoms with Crippen molar-refractivity contribution < 1.29 is 9.53 Å². The topological polar surface area (TPSA) is 66.0 Å². The number of carbonyl (C=O) groups is 1. The first-order valence-corrected chi connectivity index (χ1v) is 8.76. The van der Waals surface area contributed by atoms with Gasteiger partial charge in [-0.05, 0) is 43.5 Å². The monoisotopic (exact) mass is 352 g/mol. The minimum atomic E-state index is -0.386. The van der Waals surface area contributed by atoms with Crippen LogP contribution in [0.4, 0.5) is 16.2 Å². The molecule has 2 aromatic rings. The Hall–Kier alpha value is -3.02. The molecule has 2 N–H and O–H groups in total. The summed E-state index contributed by atoms with van der Waals surface area (Å²) < 4.78 is 5.47. The van der Waals surface area contributed by atoms with Crippen molar-refractivity contribution in [2.45, 2.75) is 19.8 Å². The first kappa shape index (κ1) is 17.8. The van der Waals surface area contributed by atoms with Gasteiger partial charge in [-0.2, -0.15) is 5.10 Å². The molecule has 1 aliphatic rings. The van der Waals surface area contributed by atoms with Crippen LogP contribution in [0.5, 0.6) is 5.75 Å². The lowest BCUT2D eigenvalue weighted by Gasteiger charge is -2.18. The number of hydrogen-bond donors (Lipinski definition) is 2. The zero-order valence-corrected chi connectivity index (χ0v) is 15.2. The van der Waals surface area contributed by atoms with Gasteiger partial charge in [0.05, 0.1) is 13.3 Å². The lowest BCUT2D eigenvalue weighted by Crippen LogP contribution is -2.24. The number of nitrogens with zero attached hydrogens (tertiary/aromatic N) is 2. The number of ether oxygens (including phenoxy) is 1. The summed E-state index contributed by atoms with van der Waals surface area (Å²) in [6, 6.07) is 13.2. The van der Waals surface area contributed by atoms with Crippen molar-refractivity contribution in [1.29, 1.82) is 0 Å². The largest absolute Gasteiger partial charge is 0.496 e. The fraction of sp³-hybridized carbons (Fsp3) is 0.300. The number of benzene rings is 2. The highest BCUT2D eigenvalue weighted by atomic mass is 16.5. The first-order chi connectivity index (χ1) is 12.7. The van der Waals surface area contributed by atoms with Gasteiger partial charge in [0.25, 0.3) is 0 Å². The standard InChI is InChI=1S/C20H24N4O2/c1-15-7-3-4-8-18(15)22-20(25)23-21-14-16-9-10-17(13-19(16)26-2)24-11-5-6-12-24/h3-4,7-10,13-14H,5-6,11-12H2,1-2H3,(H2,22,23,25). The van der Waals surface area contributed by atoms with Gasteiger partial charge in [-0.1, -0.05) is 18.2 Å². The minimum Gasteiger partial charge on any atom is -0.496 e. The molecule has 136 valence electrons. The van der Waals surface area contributed by atoms with Crippen molar-refractivity contribution in [2.24, 2.45) is 5.10 Å². The Morgan fingerprint density at radius 1 is 1.19 bits per heavy atom. The van der Waals surface area contributed by atoms with E-state index in [0.29, 0.717) is 0 Å². The van der Waals surface area contributed by atoms with Crippen molar-refractivity contribution in [3.8, 4) is 5.75 Å². The summed E-state index contributed by atoms with van der Waals surface area (Å²) in [6.45, 7) is 4.10. The number of methoxy groups -OCH3 is 1. The Labute approximate surface area is 153 Å². The molecule has 2 amide bonds. The van der Waals surface area contributed by atoms with Gasteiger partial charge < -0.3 is 15.0 Å². The third-order valence-electron chi connectivity index (χ3n) is 4.45. The molecule has 3 rings (SSSR count). The van der Waals surface area contributed by atoms with Gasteiger partial charge in [0.15, 0.2) is 0 Å². The van der Waals surface area contributed by atoms with Crippen molar-refractivity contribution in [2.75, 3.05) is 30.4 Å². The molecular formula is C20H24N4O2. The summed E-state index contributed by atoms with van der Waals surface area (Å²) in [6.07, 6.45) is 4.04. The van der Waals surface area contributed by atoms with E-state index >= 15 is 0 Å². The Morgan fingerprint density at radius 3 is 2.69 bits per heavy atom. The molecule has 1 fully saturated rings. The second-order valence-corrected chi connectivity index (χ2v) is 6.26. The van der Waals surface area contributed by atoms with Gasteiger partial charge in [-0.3, -0.25) is 0 Å². The molecule has 6 nitrogen and oxygen atoms in total. The third kappa shape index (κ3) is 4.33. The van der Waals surface area contributed by atoms with Crippen LogP contribution >= 0.6 is 0 Å². The molecule has 0 unspecified atom stereocenters. The van der Waals surface area contributed by atoms with Crippen LogP contribution in [-0.2, 0) is 0 Å². The second-order valence-electron chi connectivity index (χ2n) is 6.26. The van der Waals surface area contributed by atoms with Crippen LogP contribution in [0.1, 0.15) is 24.0 Å². The molecule has 0 radical (unpaired) electrons. The van der Waals surface area contributed by atoms with Crippen molar-refractivity contribution >= 4 is 23.6 Å². The number of nitrogens with one attached hydrogen (secondary N) is 2. The predicted molar refractivity (Wildman–Crippen MR) is 105 cm³/mol. The molecule has 26 heavy (non-hydrogen) atoms. The molecule has 2 aromatic carbocycles. The van der Waals surface area contributed by atoms with Crippen molar-refractivity contribution in [1.82, 2.24) is 5.43 Å². The van der Waals surface area contributed by atoms with E-state index in [-0.39, 0.29) is 6.03 Å². The normalized spacial score (nSPS) is 13.8. The highest BCUT2D eigenvalue weighted by Crippen LogP contribution is 2.27. The highest BCUT2D eigenvalue weighted by molar-refractivity contribution is 5.91. The number of carbonyl (C=O) groups excluding carboxylic acids is 1. The van der Waals surface area contributed by atoms with Gasteiger partial charge in [0.2, 0.25) is 0 Å². The number of hydrazone groups is 1. The number of urea groups is 1. The van der Waals surface area contributed by atoms with E-state index in [1.165, 1.54) is 12.8 Å². The van der Waals surface area contributed by atoms with Gasteiger partial charge in [-0.25, -0.2) is 10.2 Å². The fourth-order valence-electron chi connectivity index (χ4n) is 3.00. The number of hydrogen-bond acceptors (Lipinski definition) is 4. The summed E-state index contributed by atoms with van der Waals surface area (Å²) in [4.78, 5) is 14.3. The van der Waals surface area contributed by atoms with Crippen LogP contribution in [0.25, 0.3) is 0 Å². The quantitative estimate of drug-likeness (QED) is 0.636. The Morgan fingerprint density at radius 2 is 1.96 bits per heavy atom. The van der Waals surface area contributed by atoms with Gasteiger partial charge in [0.1, 0.15) is 5.75 Å². The lowest BCUT2D eigenvalue weighted by molar-refractivity contribution is 0.252. The van der Waals surface area contributed by atoms with Crippen LogP contribution in [0, 0.1) is 6.92 Å². The molecular weight excluding hydrogens is 328 g/mol. The molecule has 0 aromatic heterocycles. The fourth-order valence-corrected chi connectivity index (χ4v) is 3.00. The second kappa shape index (κ2) is 8.38. The smallest absolute Gasteiger partial charge is 0.339 e. The number of para-hydroxylation sites is 1. The molecule has 1 saturated heterocycles. The summed E-state index contributed by atoms with van der Waals surface area (Å²) in [5.41, 5.74) is 6.20. The average molecular weight is 352 g/mol. The van der Waals surface area contributed by atoms with E-state index in [9.17, 15) is 4.79 Å². The zero-order chi connectivity index (χ0) is 18.4. The Balaban J connectivity index is 1.62. The van der Waals surface area contributed by atoms with Crippen LogP contribution < -0.4 is 20.4 Å². The van der Waals surface area contributed by atoms with E-state index in [1.807, 2.05) is 43.3 Å². The van der Waals surface area contributed by atoms with Crippen LogP contribution in [0.2, 0.25) is 0 Å². The summed E-state index contributed by atoms with van der Waals surface area (Å²) in [5.74, 6) is 0.735. The molecule has 0 aliphatic carbocycles. The lowest BCUT2D eigenvalue weighted by atomic mass is 10.2. The number of anilines is 2. The van der Waals surface area contributed by atoms with Gasteiger partial charge in [0, 0.05) is 36.1 Å². The molecule has 6 heteroatoms. The number of amides is 2. The van der Waals surface area contributed by atoms with E-state index in [1.54, 1.807) is 13.3 Å². The molecule has 1 aliphatic heterocycles. The van der Waals surface area contributed by atoms with Crippen LogP contribution in [0.15, 0.2) is 47.6 Å². The molecule has 0 atom stereocenters. The maximum absolute atomic E-state index is 12.0. The zero-order valence-electron chi connectivity index (χ0n) is 15.2. The highest BCUT2D eigenvalue weighted by Gasteiger charge is 2.14. The third-order valence-corrected chi connectivity index (χ3v) is 4.45. The number of rotatable bonds is 5. The molecule has 1 heterocycles. The maximum Gasteiger partial charge on any atom is 0.339 e. The summed E-state index contributed by atoms with van der Waals surface area (Å²) in [7, 11) is 1.64.